The van der Waals surface area contributed by atoms with Gasteiger partial charge in [0.15, 0.2) is 0 Å². The molecule has 9 heteroatoms. The highest BCUT2D eigenvalue weighted by molar-refractivity contribution is 7.89. The average Bonchev–Trinajstić information content (AvgIpc) is 2.68. The lowest BCUT2D eigenvalue weighted by atomic mass is 10.1. The lowest BCUT2D eigenvalue weighted by Crippen LogP contribution is -2.37. The number of aryl methyl sites for hydroxylation is 4. The number of hydrogen-bond donors (Lipinski definition) is 2. The van der Waals surface area contributed by atoms with Gasteiger partial charge in [-0.1, -0.05) is 6.07 Å². The quantitative estimate of drug-likeness (QED) is 0.662. The van der Waals surface area contributed by atoms with Gasteiger partial charge in [0.25, 0.3) is 0 Å². The summed E-state index contributed by atoms with van der Waals surface area (Å²) >= 11 is 0. The maximum atomic E-state index is 12.7. The maximum Gasteiger partial charge on any atom is 0.240 e. The number of aromatic nitrogens is 2. The zero-order valence-corrected chi connectivity index (χ0v) is 18.3. The molecular formula is C20H29N5O3S. The molecule has 8 nitrogen and oxygen atoms in total. The van der Waals surface area contributed by atoms with E-state index in [1.165, 1.54) is 0 Å². The molecule has 1 aliphatic heterocycles. The molecular weight excluding hydrogens is 390 g/mol. The van der Waals surface area contributed by atoms with Crippen LogP contribution in [0.3, 0.4) is 0 Å². The van der Waals surface area contributed by atoms with Gasteiger partial charge in [-0.05, 0) is 50.5 Å². The number of rotatable bonds is 7. The second kappa shape index (κ2) is 9.06. The highest BCUT2D eigenvalue weighted by Gasteiger charge is 2.18. The molecule has 1 aliphatic rings. The van der Waals surface area contributed by atoms with E-state index in [1.54, 1.807) is 6.07 Å². The number of morpholine rings is 1. The van der Waals surface area contributed by atoms with Crippen LogP contribution >= 0.6 is 0 Å². The van der Waals surface area contributed by atoms with Gasteiger partial charge < -0.3 is 15.0 Å². The topological polar surface area (TPSA) is 96.5 Å². The van der Waals surface area contributed by atoms with E-state index >= 15 is 0 Å². The van der Waals surface area contributed by atoms with Crippen molar-refractivity contribution in [2.75, 3.05) is 49.6 Å². The normalized spacial score (nSPS) is 14.8. The molecule has 1 aromatic carbocycles. The van der Waals surface area contributed by atoms with Crippen molar-refractivity contribution in [3.8, 4) is 0 Å². The second-order valence-corrected chi connectivity index (χ2v) is 9.05. The Bertz CT molecular complexity index is 972. The van der Waals surface area contributed by atoms with E-state index in [1.807, 2.05) is 39.8 Å². The van der Waals surface area contributed by atoms with Crippen LogP contribution in [0.1, 0.15) is 22.4 Å². The Morgan fingerprint density at radius 2 is 1.66 bits per heavy atom. The minimum absolute atomic E-state index is 0.235. The predicted molar refractivity (Wildman–Crippen MR) is 114 cm³/mol. The third-order valence-corrected chi connectivity index (χ3v) is 6.56. The van der Waals surface area contributed by atoms with Gasteiger partial charge in [-0.15, -0.1) is 0 Å². The summed E-state index contributed by atoms with van der Waals surface area (Å²) in [6, 6.07) is 5.57. The Hall–Kier alpha value is -2.23. The molecule has 0 atom stereocenters. The first-order valence-corrected chi connectivity index (χ1v) is 11.2. The Kier molecular flexibility index (Phi) is 6.71. The summed E-state index contributed by atoms with van der Waals surface area (Å²) in [5, 5.41) is 3.12. The van der Waals surface area contributed by atoms with Crippen LogP contribution < -0.4 is 14.9 Å². The average molecular weight is 420 g/mol. The Morgan fingerprint density at radius 3 is 2.38 bits per heavy atom. The fourth-order valence-electron chi connectivity index (χ4n) is 3.25. The molecule has 2 heterocycles. The van der Waals surface area contributed by atoms with E-state index in [4.69, 9.17) is 4.74 Å². The summed E-state index contributed by atoms with van der Waals surface area (Å²) in [4.78, 5) is 11.4. The molecule has 3 rings (SSSR count). The number of ether oxygens (including phenoxy) is 1. The highest BCUT2D eigenvalue weighted by atomic mass is 32.2. The molecule has 1 saturated heterocycles. The molecule has 158 valence electrons. The smallest absolute Gasteiger partial charge is 0.240 e. The number of nitrogens with zero attached hydrogens (tertiary/aromatic N) is 3. The van der Waals surface area contributed by atoms with Crippen LogP contribution in [0.25, 0.3) is 0 Å². The fraction of sp³-hybridized carbons (Fsp3) is 0.500. The summed E-state index contributed by atoms with van der Waals surface area (Å²) in [6.45, 7) is 11.2. The highest BCUT2D eigenvalue weighted by Crippen LogP contribution is 2.20. The van der Waals surface area contributed by atoms with Crippen LogP contribution in [0.4, 0.5) is 11.8 Å². The molecule has 1 fully saturated rings. The summed E-state index contributed by atoms with van der Waals surface area (Å²) < 4.78 is 33.3. The van der Waals surface area contributed by atoms with E-state index in [2.05, 4.69) is 24.9 Å². The van der Waals surface area contributed by atoms with Gasteiger partial charge >= 0.3 is 0 Å². The second-order valence-electron chi connectivity index (χ2n) is 7.32. The van der Waals surface area contributed by atoms with Crippen LogP contribution in [0, 0.1) is 27.7 Å². The number of benzene rings is 1. The fourth-order valence-corrected chi connectivity index (χ4v) is 4.59. The number of nitrogens with one attached hydrogen (secondary N) is 2. The molecule has 0 spiro atoms. The predicted octanol–water partition coefficient (Wildman–Crippen LogP) is 1.94. The van der Waals surface area contributed by atoms with Crippen LogP contribution in [-0.2, 0) is 14.8 Å². The van der Waals surface area contributed by atoms with Gasteiger partial charge in [0.1, 0.15) is 5.82 Å². The van der Waals surface area contributed by atoms with Crippen LogP contribution in [0.5, 0.6) is 0 Å². The third kappa shape index (κ3) is 5.43. The lowest BCUT2D eigenvalue weighted by molar-refractivity contribution is 0.122. The first-order valence-electron chi connectivity index (χ1n) is 9.76. The summed E-state index contributed by atoms with van der Waals surface area (Å²) in [6.07, 6.45) is 0. The van der Waals surface area contributed by atoms with Crippen molar-refractivity contribution in [2.45, 2.75) is 32.6 Å². The Labute approximate surface area is 172 Å². The Morgan fingerprint density at radius 1 is 0.966 bits per heavy atom. The van der Waals surface area contributed by atoms with Gasteiger partial charge in [0.2, 0.25) is 16.0 Å². The zero-order valence-electron chi connectivity index (χ0n) is 17.4. The van der Waals surface area contributed by atoms with E-state index in [-0.39, 0.29) is 6.54 Å². The van der Waals surface area contributed by atoms with Gasteiger partial charge in [0, 0.05) is 37.9 Å². The lowest BCUT2D eigenvalue weighted by Gasteiger charge is -2.28. The van der Waals surface area contributed by atoms with E-state index in [0.717, 1.165) is 41.3 Å². The van der Waals surface area contributed by atoms with Crippen LogP contribution in [0.2, 0.25) is 0 Å². The van der Waals surface area contributed by atoms with Crippen molar-refractivity contribution in [1.29, 1.82) is 0 Å². The minimum atomic E-state index is -3.57. The van der Waals surface area contributed by atoms with Crippen molar-refractivity contribution >= 4 is 21.8 Å². The molecule has 2 N–H and O–H groups in total. The largest absolute Gasteiger partial charge is 0.378 e. The van der Waals surface area contributed by atoms with Crippen molar-refractivity contribution in [1.82, 2.24) is 14.7 Å². The monoisotopic (exact) mass is 419 g/mol. The van der Waals surface area contributed by atoms with Gasteiger partial charge in [-0.3, -0.25) is 0 Å². The molecule has 0 amide bonds. The first-order chi connectivity index (χ1) is 13.8. The van der Waals surface area contributed by atoms with E-state index in [9.17, 15) is 8.42 Å². The number of sulfonamides is 1. The summed E-state index contributed by atoms with van der Waals surface area (Å²) in [5.74, 6) is 1.35. The summed E-state index contributed by atoms with van der Waals surface area (Å²) in [5.41, 5.74) is 3.63. The van der Waals surface area contributed by atoms with Gasteiger partial charge in [0.05, 0.1) is 18.1 Å². The SMILES string of the molecule is Cc1cc(N2CCOCC2)nc(NCCNS(=O)(=O)c2cc(C)c(C)cc2C)n1. The van der Waals surface area contributed by atoms with E-state index < -0.39 is 10.0 Å². The van der Waals surface area contributed by atoms with Gasteiger partial charge in [-0.25, -0.2) is 18.1 Å². The van der Waals surface area contributed by atoms with Crippen molar-refractivity contribution in [3.05, 3.63) is 40.6 Å². The molecule has 0 aliphatic carbocycles. The molecule has 29 heavy (non-hydrogen) atoms. The molecule has 0 saturated carbocycles. The maximum absolute atomic E-state index is 12.7. The molecule has 0 bridgehead atoms. The van der Waals surface area contributed by atoms with Crippen LogP contribution in [0.15, 0.2) is 23.1 Å². The van der Waals surface area contributed by atoms with Crippen molar-refractivity contribution < 1.29 is 13.2 Å². The molecule has 2 aromatic rings. The van der Waals surface area contributed by atoms with E-state index in [0.29, 0.717) is 30.6 Å². The first kappa shape index (κ1) is 21.5. The van der Waals surface area contributed by atoms with Crippen LogP contribution in [-0.4, -0.2) is 57.8 Å². The minimum Gasteiger partial charge on any atom is -0.378 e. The molecule has 0 radical (unpaired) electrons. The zero-order chi connectivity index (χ0) is 21.0. The Balaban J connectivity index is 1.60. The number of hydrogen-bond acceptors (Lipinski definition) is 7. The molecule has 1 aromatic heterocycles. The van der Waals surface area contributed by atoms with Crippen molar-refractivity contribution in [3.63, 3.8) is 0 Å². The van der Waals surface area contributed by atoms with Crippen molar-refractivity contribution in [2.24, 2.45) is 0 Å². The number of anilines is 2. The third-order valence-electron chi connectivity index (χ3n) is 4.96. The van der Waals surface area contributed by atoms with Gasteiger partial charge in [-0.2, -0.15) is 4.98 Å². The summed E-state index contributed by atoms with van der Waals surface area (Å²) in [7, 11) is -3.57. The molecule has 0 unspecified atom stereocenters. The standard InChI is InChI=1S/C20H29N5O3S/c1-14-11-16(3)18(12-15(14)2)29(26,27)22-6-5-21-20-23-17(4)13-19(24-20)25-7-9-28-10-8-25/h11-13,22H,5-10H2,1-4H3,(H,21,23,24).